The Morgan fingerprint density at radius 3 is 2.12 bits per heavy atom. The van der Waals surface area contributed by atoms with E-state index in [0.717, 1.165) is 18.6 Å². The number of nitrogens with zero attached hydrogens (tertiary/aromatic N) is 2. The van der Waals surface area contributed by atoms with Crippen molar-refractivity contribution in [2.75, 3.05) is 6.61 Å². The molecule has 0 N–H and O–H groups in total. The molecule has 0 atom stereocenters. The average molecular weight is 464 g/mol. The second-order valence-corrected chi connectivity index (χ2v) is 7.70. The Labute approximate surface area is 194 Å². The second kappa shape index (κ2) is 10.3. The first kappa shape index (κ1) is 23.2. The van der Waals surface area contributed by atoms with Gasteiger partial charge in [-0.1, -0.05) is 24.8 Å². The zero-order valence-corrected chi connectivity index (χ0v) is 18.3. The lowest BCUT2D eigenvalue weighted by Gasteiger charge is -2.06. The molecule has 0 bridgehead atoms. The lowest BCUT2D eigenvalue weighted by atomic mass is 10.0. The van der Waals surface area contributed by atoms with Crippen molar-refractivity contribution in [2.45, 2.75) is 26.2 Å². The number of hydrogen-bond acceptors (Lipinski definition) is 3. The molecule has 0 fully saturated rings. The van der Waals surface area contributed by atoms with E-state index in [1.807, 2.05) is 6.92 Å². The highest BCUT2D eigenvalue weighted by molar-refractivity contribution is 5.84. The van der Waals surface area contributed by atoms with E-state index >= 15 is 0 Å². The molecule has 7 heteroatoms. The Bertz CT molecular complexity index is 1370. The maximum atomic E-state index is 14.6. The first-order valence-electron chi connectivity index (χ1n) is 10.8. The number of aryl methyl sites for hydroxylation is 2. The molecule has 0 amide bonds. The molecule has 1 heterocycles. The molecular weight excluding hydrogens is 444 g/mol. The highest BCUT2D eigenvalue weighted by Crippen LogP contribution is 2.20. The summed E-state index contributed by atoms with van der Waals surface area (Å²) in [6.07, 6.45) is 4.80. The Kier molecular flexibility index (Phi) is 7.07. The van der Waals surface area contributed by atoms with Gasteiger partial charge in [-0.25, -0.2) is 27.5 Å². The summed E-state index contributed by atoms with van der Waals surface area (Å²) in [5.41, 5.74) is 0.520. The van der Waals surface area contributed by atoms with Gasteiger partial charge in [0.05, 0.1) is 24.6 Å². The van der Waals surface area contributed by atoms with Gasteiger partial charge in [-0.3, -0.25) is 0 Å². The smallest absolute Gasteiger partial charge is 0.159 e. The first-order valence-corrected chi connectivity index (χ1v) is 10.8. The predicted octanol–water partition coefficient (Wildman–Crippen LogP) is 6.16. The summed E-state index contributed by atoms with van der Waals surface area (Å²) >= 11 is 0. The van der Waals surface area contributed by atoms with Gasteiger partial charge in [0.15, 0.2) is 17.4 Å². The summed E-state index contributed by atoms with van der Waals surface area (Å²) < 4.78 is 61.4. The molecule has 0 aliphatic rings. The molecule has 0 aliphatic heterocycles. The highest BCUT2D eigenvalue weighted by atomic mass is 19.2. The number of fused-ring (bicyclic) bond motifs is 1. The van der Waals surface area contributed by atoms with Gasteiger partial charge < -0.3 is 4.74 Å². The molecule has 3 aromatic carbocycles. The molecule has 1 aromatic heterocycles. The van der Waals surface area contributed by atoms with Crippen LogP contribution in [0.2, 0.25) is 0 Å². The van der Waals surface area contributed by atoms with Crippen LogP contribution in [-0.2, 0) is 12.8 Å². The molecule has 0 saturated heterocycles. The van der Waals surface area contributed by atoms with Crippen LogP contribution in [0.4, 0.5) is 17.6 Å². The van der Waals surface area contributed by atoms with Crippen LogP contribution in [0.15, 0.2) is 54.9 Å². The standard InChI is InChI=1S/C27H20F4N2O/c1-2-9-34-21-15-32-27(33-16-21)8-5-18-11-23(28)22(24(29)12-18)7-4-17-3-6-19-13-25(30)26(31)14-20(19)10-17/h3,6,10-16H,2,5,8-9H2,1H3. The molecule has 3 nitrogen and oxygen atoms in total. The van der Waals surface area contributed by atoms with Crippen LogP contribution in [0, 0.1) is 35.1 Å². The molecule has 0 saturated carbocycles. The van der Waals surface area contributed by atoms with E-state index < -0.39 is 23.3 Å². The van der Waals surface area contributed by atoms with E-state index in [4.69, 9.17) is 4.74 Å². The molecule has 4 rings (SSSR count). The van der Waals surface area contributed by atoms with Gasteiger partial charge in [-0.05, 0) is 65.6 Å². The third-order valence-corrected chi connectivity index (χ3v) is 5.10. The van der Waals surface area contributed by atoms with Crippen LogP contribution in [0.5, 0.6) is 5.75 Å². The fourth-order valence-electron chi connectivity index (χ4n) is 3.37. The summed E-state index contributed by atoms with van der Waals surface area (Å²) in [6.45, 7) is 2.58. The maximum Gasteiger partial charge on any atom is 0.159 e. The third-order valence-electron chi connectivity index (χ3n) is 5.10. The molecule has 4 aromatic rings. The van der Waals surface area contributed by atoms with Crippen molar-refractivity contribution in [1.82, 2.24) is 9.97 Å². The lowest BCUT2D eigenvalue weighted by molar-refractivity contribution is 0.314. The monoisotopic (exact) mass is 464 g/mol. The first-order chi connectivity index (χ1) is 16.4. The minimum atomic E-state index is -0.976. The SMILES string of the molecule is CCCOc1cnc(CCc2cc(F)c(C#Cc3ccc4cc(F)c(F)cc4c3)c(F)c2)nc1. The maximum absolute atomic E-state index is 14.6. The van der Waals surface area contributed by atoms with Gasteiger partial charge >= 0.3 is 0 Å². The van der Waals surface area contributed by atoms with E-state index in [1.165, 1.54) is 18.2 Å². The number of ether oxygens (including phenoxy) is 1. The van der Waals surface area contributed by atoms with Crippen LogP contribution in [0.25, 0.3) is 10.8 Å². The average Bonchev–Trinajstić information content (AvgIpc) is 2.82. The number of benzene rings is 3. The van der Waals surface area contributed by atoms with Crippen LogP contribution in [-0.4, -0.2) is 16.6 Å². The molecule has 34 heavy (non-hydrogen) atoms. The van der Waals surface area contributed by atoms with E-state index in [0.29, 0.717) is 52.9 Å². The van der Waals surface area contributed by atoms with E-state index in [1.54, 1.807) is 24.5 Å². The van der Waals surface area contributed by atoms with Gasteiger partial charge in [0.1, 0.15) is 17.5 Å². The fraction of sp³-hybridized carbons (Fsp3) is 0.185. The number of hydrogen-bond donors (Lipinski definition) is 0. The van der Waals surface area contributed by atoms with Crippen LogP contribution in [0.3, 0.4) is 0 Å². The zero-order chi connectivity index (χ0) is 24.1. The van der Waals surface area contributed by atoms with Crippen molar-refractivity contribution in [1.29, 1.82) is 0 Å². The molecule has 0 radical (unpaired) electrons. The summed E-state index contributed by atoms with van der Waals surface area (Å²) in [4.78, 5) is 8.43. The number of aromatic nitrogens is 2. The quantitative estimate of drug-likeness (QED) is 0.253. The van der Waals surface area contributed by atoms with E-state index in [2.05, 4.69) is 21.8 Å². The Morgan fingerprint density at radius 2 is 1.44 bits per heavy atom. The topological polar surface area (TPSA) is 35.0 Å². The Hall–Kier alpha value is -3.92. The highest BCUT2D eigenvalue weighted by Gasteiger charge is 2.11. The van der Waals surface area contributed by atoms with Gasteiger partial charge in [-0.2, -0.15) is 0 Å². The largest absolute Gasteiger partial charge is 0.490 e. The van der Waals surface area contributed by atoms with Crippen LogP contribution >= 0.6 is 0 Å². The van der Waals surface area contributed by atoms with Gasteiger partial charge in [0.25, 0.3) is 0 Å². The Morgan fingerprint density at radius 1 is 0.765 bits per heavy atom. The van der Waals surface area contributed by atoms with Crippen LogP contribution in [0.1, 0.15) is 35.9 Å². The summed E-state index contributed by atoms with van der Waals surface area (Å²) in [5, 5.41) is 0.937. The third kappa shape index (κ3) is 5.52. The minimum absolute atomic E-state index is 0.351. The van der Waals surface area contributed by atoms with E-state index in [-0.39, 0.29) is 5.56 Å². The molecule has 0 unspecified atom stereocenters. The predicted molar refractivity (Wildman–Crippen MR) is 121 cm³/mol. The summed E-state index contributed by atoms with van der Waals surface area (Å²) in [5.74, 6) is 2.84. The van der Waals surface area contributed by atoms with Crippen molar-refractivity contribution in [3.63, 3.8) is 0 Å². The van der Waals surface area contributed by atoms with Gasteiger partial charge in [-0.15, -0.1) is 0 Å². The summed E-state index contributed by atoms with van der Waals surface area (Å²) in [7, 11) is 0. The van der Waals surface area contributed by atoms with E-state index in [9.17, 15) is 17.6 Å². The summed E-state index contributed by atoms with van der Waals surface area (Å²) in [6, 6.07) is 9.31. The number of rotatable bonds is 6. The van der Waals surface area contributed by atoms with Crippen molar-refractivity contribution in [3.05, 3.63) is 101 Å². The van der Waals surface area contributed by atoms with Crippen molar-refractivity contribution in [3.8, 4) is 17.6 Å². The fourth-order valence-corrected chi connectivity index (χ4v) is 3.37. The van der Waals surface area contributed by atoms with Gasteiger partial charge in [0.2, 0.25) is 0 Å². The lowest BCUT2D eigenvalue weighted by Crippen LogP contribution is -2.02. The normalized spacial score (nSPS) is 10.7. The molecule has 0 spiro atoms. The van der Waals surface area contributed by atoms with Crippen molar-refractivity contribution in [2.24, 2.45) is 0 Å². The van der Waals surface area contributed by atoms with Crippen LogP contribution < -0.4 is 4.74 Å². The van der Waals surface area contributed by atoms with Gasteiger partial charge in [0, 0.05) is 12.0 Å². The molecule has 0 aliphatic carbocycles. The zero-order valence-electron chi connectivity index (χ0n) is 18.3. The van der Waals surface area contributed by atoms with Crippen molar-refractivity contribution < 1.29 is 22.3 Å². The number of halogens is 4. The Balaban J connectivity index is 1.47. The minimum Gasteiger partial charge on any atom is -0.490 e. The van der Waals surface area contributed by atoms with Crippen molar-refractivity contribution >= 4 is 10.8 Å². The molecule has 172 valence electrons. The molecular formula is C27H20F4N2O. The second-order valence-electron chi connectivity index (χ2n) is 7.70.